The summed E-state index contributed by atoms with van der Waals surface area (Å²) in [5, 5.41) is 3.32. The monoisotopic (exact) mass is 312 g/mol. The Bertz CT molecular complexity index is 626. The van der Waals surface area contributed by atoms with E-state index < -0.39 is 0 Å². The smallest absolute Gasteiger partial charge is 0.153 e. The molecule has 1 aliphatic rings. The zero-order chi connectivity index (χ0) is 16.1. The average molecular weight is 312 g/mol. The summed E-state index contributed by atoms with van der Waals surface area (Å²) in [7, 11) is 0. The number of nitrogens with two attached hydrogens (primary N) is 1. The number of rotatable bonds is 5. The standard InChI is InChI=1S/C18H24N4O/c1-2-16(22-10-12-23-13-11-22)15-8-9-20-18(17(15)19)21-14-6-4-3-5-7-14/h3-9,16H,2,10-13,19H2,1H3,(H,20,21). The highest BCUT2D eigenvalue weighted by molar-refractivity contribution is 5.71. The van der Waals surface area contributed by atoms with E-state index in [2.05, 4.69) is 22.1 Å². The molecule has 3 rings (SSSR count). The average Bonchev–Trinajstić information content (AvgIpc) is 2.61. The first kappa shape index (κ1) is 15.8. The summed E-state index contributed by atoms with van der Waals surface area (Å²) in [6, 6.07) is 12.3. The van der Waals surface area contributed by atoms with E-state index in [0.29, 0.717) is 6.04 Å². The van der Waals surface area contributed by atoms with Crippen molar-refractivity contribution in [3.05, 3.63) is 48.2 Å². The molecule has 1 atom stereocenters. The van der Waals surface area contributed by atoms with E-state index in [1.807, 2.05) is 42.6 Å². The van der Waals surface area contributed by atoms with E-state index in [-0.39, 0.29) is 0 Å². The molecule has 0 saturated carbocycles. The molecule has 1 aliphatic heterocycles. The van der Waals surface area contributed by atoms with Gasteiger partial charge in [-0.15, -0.1) is 0 Å². The zero-order valence-corrected chi connectivity index (χ0v) is 13.5. The van der Waals surface area contributed by atoms with E-state index >= 15 is 0 Å². The van der Waals surface area contributed by atoms with Crippen LogP contribution in [0.5, 0.6) is 0 Å². The van der Waals surface area contributed by atoms with Gasteiger partial charge in [-0.05, 0) is 30.2 Å². The van der Waals surface area contributed by atoms with Crippen LogP contribution in [0.25, 0.3) is 0 Å². The van der Waals surface area contributed by atoms with Crippen molar-refractivity contribution in [1.82, 2.24) is 9.88 Å². The van der Waals surface area contributed by atoms with Gasteiger partial charge < -0.3 is 15.8 Å². The van der Waals surface area contributed by atoms with Gasteiger partial charge in [0.1, 0.15) is 0 Å². The van der Waals surface area contributed by atoms with E-state index in [4.69, 9.17) is 10.5 Å². The minimum absolute atomic E-state index is 0.304. The molecule has 1 aromatic heterocycles. The van der Waals surface area contributed by atoms with E-state index in [1.165, 1.54) is 0 Å². The van der Waals surface area contributed by atoms with Gasteiger partial charge >= 0.3 is 0 Å². The molecule has 2 heterocycles. The second kappa shape index (κ2) is 7.44. The van der Waals surface area contributed by atoms with Crippen LogP contribution in [0.2, 0.25) is 0 Å². The highest BCUT2D eigenvalue weighted by Crippen LogP contribution is 2.33. The summed E-state index contributed by atoms with van der Waals surface area (Å²) in [5.74, 6) is 0.723. The Balaban J connectivity index is 1.85. The fourth-order valence-corrected chi connectivity index (χ4v) is 3.10. The van der Waals surface area contributed by atoms with Crippen LogP contribution in [0.15, 0.2) is 42.6 Å². The Morgan fingerprint density at radius 3 is 2.65 bits per heavy atom. The first-order chi connectivity index (χ1) is 11.3. The molecule has 0 spiro atoms. The predicted octanol–water partition coefficient (Wildman–Crippen LogP) is 3.19. The number of pyridine rings is 1. The summed E-state index contributed by atoms with van der Waals surface area (Å²) in [4.78, 5) is 6.86. The van der Waals surface area contributed by atoms with Crippen LogP contribution in [0.3, 0.4) is 0 Å². The fourth-order valence-electron chi connectivity index (χ4n) is 3.10. The maximum Gasteiger partial charge on any atom is 0.153 e. The molecule has 23 heavy (non-hydrogen) atoms. The van der Waals surface area contributed by atoms with Gasteiger partial charge in [-0.2, -0.15) is 0 Å². The second-order valence-electron chi connectivity index (χ2n) is 5.73. The predicted molar refractivity (Wildman–Crippen MR) is 93.8 cm³/mol. The van der Waals surface area contributed by atoms with Crippen molar-refractivity contribution in [3.63, 3.8) is 0 Å². The molecule has 1 unspecified atom stereocenters. The number of nitrogens with zero attached hydrogens (tertiary/aromatic N) is 2. The number of hydrogen-bond acceptors (Lipinski definition) is 5. The lowest BCUT2D eigenvalue weighted by molar-refractivity contribution is 0.0154. The van der Waals surface area contributed by atoms with Crippen molar-refractivity contribution in [1.29, 1.82) is 0 Å². The van der Waals surface area contributed by atoms with E-state index in [1.54, 1.807) is 0 Å². The van der Waals surface area contributed by atoms with Gasteiger partial charge in [-0.3, -0.25) is 4.90 Å². The lowest BCUT2D eigenvalue weighted by Crippen LogP contribution is -2.39. The molecule has 1 saturated heterocycles. The molecule has 3 N–H and O–H groups in total. The number of ether oxygens (including phenoxy) is 1. The summed E-state index contributed by atoms with van der Waals surface area (Å²) < 4.78 is 5.47. The fraction of sp³-hybridized carbons (Fsp3) is 0.389. The molecular formula is C18H24N4O. The van der Waals surface area contributed by atoms with Crippen molar-refractivity contribution in [2.24, 2.45) is 0 Å². The Kier molecular flexibility index (Phi) is 5.10. The molecule has 0 radical (unpaired) electrons. The van der Waals surface area contributed by atoms with Gasteiger partial charge in [-0.25, -0.2) is 4.98 Å². The Morgan fingerprint density at radius 1 is 1.22 bits per heavy atom. The molecular weight excluding hydrogens is 288 g/mol. The third-order valence-corrected chi connectivity index (χ3v) is 4.29. The van der Waals surface area contributed by atoms with Crippen LogP contribution in [0, 0.1) is 0 Å². The van der Waals surface area contributed by atoms with Gasteiger partial charge in [0.05, 0.1) is 18.9 Å². The van der Waals surface area contributed by atoms with Crippen LogP contribution in [0.4, 0.5) is 17.2 Å². The molecule has 1 fully saturated rings. The molecule has 1 aromatic carbocycles. The van der Waals surface area contributed by atoms with Crippen molar-refractivity contribution in [2.75, 3.05) is 37.4 Å². The second-order valence-corrected chi connectivity index (χ2v) is 5.73. The van der Waals surface area contributed by atoms with Crippen molar-refractivity contribution in [3.8, 4) is 0 Å². The third-order valence-electron chi connectivity index (χ3n) is 4.29. The number of nitrogen functional groups attached to an aromatic ring is 1. The number of benzene rings is 1. The van der Waals surface area contributed by atoms with Crippen LogP contribution in [0.1, 0.15) is 24.9 Å². The first-order valence-corrected chi connectivity index (χ1v) is 8.18. The number of para-hydroxylation sites is 1. The molecule has 122 valence electrons. The van der Waals surface area contributed by atoms with Crippen molar-refractivity contribution in [2.45, 2.75) is 19.4 Å². The highest BCUT2D eigenvalue weighted by Gasteiger charge is 2.23. The summed E-state index contributed by atoms with van der Waals surface area (Å²) in [5.41, 5.74) is 9.29. The zero-order valence-electron chi connectivity index (χ0n) is 13.5. The molecule has 5 heteroatoms. The number of aromatic nitrogens is 1. The molecule has 0 aliphatic carbocycles. The molecule has 5 nitrogen and oxygen atoms in total. The van der Waals surface area contributed by atoms with Crippen LogP contribution in [-0.4, -0.2) is 36.2 Å². The largest absolute Gasteiger partial charge is 0.395 e. The maximum atomic E-state index is 6.43. The Hall–Kier alpha value is -2.11. The van der Waals surface area contributed by atoms with Gasteiger partial charge in [0.25, 0.3) is 0 Å². The summed E-state index contributed by atoms with van der Waals surface area (Å²) in [6.45, 7) is 5.67. The topological polar surface area (TPSA) is 63.4 Å². The van der Waals surface area contributed by atoms with E-state index in [0.717, 1.165) is 55.5 Å². The number of morpholine rings is 1. The SMILES string of the molecule is CCC(c1ccnc(Nc2ccccc2)c1N)N1CCOCC1. The van der Waals surface area contributed by atoms with Gasteiger partial charge in [0.2, 0.25) is 0 Å². The molecule has 0 amide bonds. The van der Waals surface area contributed by atoms with Gasteiger partial charge in [-0.1, -0.05) is 25.1 Å². The lowest BCUT2D eigenvalue weighted by atomic mass is 10.0. The Morgan fingerprint density at radius 2 is 1.96 bits per heavy atom. The van der Waals surface area contributed by atoms with Gasteiger partial charge in [0.15, 0.2) is 5.82 Å². The minimum Gasteiger partial charge on any atom is -0.395 e. The normalized spacial score (nSPS) is 16.9. The number of anilines is 3. The molecule has 2 aromatic rings. The Labute approximate surface area is 137 Å². The summed E-state index contributed by atoms with van der Waals surface area (Å²) in [6.07, 6.45) is 2.85. The third kappa shape index (κ3) is 3.63. The van der Waals surface area contributed by atoms with Crippen LogP contribution in [-0.2, 0) is 4.74 Å². The quantitative estimate of drug-likeness (QED) is 0.888. The van der Waals surface area contributed by atoms with E-state index in [9.17, 15) is 0 Å². The molecule has 0 bridgehead atoms. The van der Waals surface area contributed by atoms with Crippen molar-refractivity contribution >= 4 is 17.2 Å². The van der Waals surface area contributed by atoms with Crippen LogP contribution < -0.4 is 11.1 Å². The first-order valence-electron chi connectivity index (χ1n) is 8.18. The highest BCUT2D eigenvalue weighted by atomic mass is 16.5. The van der Waals surface area contributed by atoms with Crippen molar-refractivity contribution < 1.29 is 4.74 Å². The minimum atomic E-state index is 0.304. The summed E-state index contributed by atoms with van der Waals surface area (Å²) >= 11 is 0. The lowest BCUT2D eigenvalue weighted by Gasteiger charge is -2.35. The number of hydrogen-bond donors (Lipinski definition) is 2. The maximum absolute atomic E-state index is 6.43. The van der Waals surface area contributed by atoms with Gasteiger partial charge in [0, 0.05) is 31.0 Å². The number of nitrogens with one attached hydrogen (secondary N) is 1. The van der Waals surface area contributed by atoms with Crippen LogP contribution >= 0.6 is 0 Å².